The fourth-order valence-corrected chi connectivity index (χ4v) is 5.65. The van der Waals surface area contributed by atoms with Gasteiger partial charge in [-0.05, 0) is 48.4 Å². The Morgan fingerprint density at radius 3 is 2.43 bits per heavy atom. The molecule has 5 rings (SSSR count). The minimum Gasteiger partial charge on any atom is -0.356 e. The molecule has 0 unspecified atom stereocenters. The Morgan fingerprint density at radius 1 is 1.03 bits per heavy atom. The molecule has 0 atom stereocenters. The van der Waals surface area contributed by atoms with Crippen LogP contribution in [0.15, 0.2) is 66.9 Å². The summed E-state index contributed by atoms with van der Waals surface area (Å²) >= 11 is 0. The molecule has 0 saturated carbocycles. The van der Waals surface area contributed by atoms with E-state index in [1.165, 1.54) is 11.3 Å². The number of pyridine rings is 1. The third kappa shape index (κ3) is 5.27. The molecule has 1 aliphatic rings. The van der Waals surface area contributed by atoms with Crippen LogP contribution in [0.25, 0.3) is 10.9 Å². The lowest BCUT2D eigenvalue weighted by Gasteiger charge is -2.31. The Hall–Kier alpha value is -3.59. The molecule has 0 bridgehead atoms. The van der Waals surface area contributed by atoms with Crippen molar-refractivity contribution >= 4 is 41.6 Å². The van der Waals surface area contributed by atoms with Crippen molar-refractivity contribution < 1.29 is 18.0 Å². The van der Waals surface area contributed by atoms with Crippen molar-refractivity contribution in [3.8, 4) is 0 Å². The Kier molecular flexibility index (Phi) is 6.35. The van der Waals surface area contributed by atoms with Gasteiger partial charge in [-0.3, -0.25) is 4.79 Å². The third-order valence-corrected chi connectivity index (χ3v) is 8.83. The first-order valence-electron chi connectivity index (χ1n) is 12.3. The molecular weight excluding hydrogens is 493 g/mol. The number of aromatic nitrogens is 2. The van der Waals surface area contributed by atoms with Crippen LogP contribution in [0.2, 0.25) is 19.6 Å². The Morgan fingerprint density at radius 2 is 1.81 bits per heavy atom. The summed E-state index contributed by atoms with van der Waals surface area (Å²) < 4.78 is 41.9. The van der Waals surface area contributed by atoms with Crippen molar-refractivity contribution in [1.29, 1.82) is 0 Å². The van der Waals surface area contributed by atoms with E-state index in [9.17, 15) is 18.0 Å². The van der Waals surface area contributed by atoms with Gasteiger partial charge in [-0.1, -0.05) is 49.1 Å². The number of fused-ring (bicyclic) bond motifs is 1. The second-order valence-corrected chi connectivity index (χ2v) is 15.6. The van der Waals surface area contributed by atoms with Crippen molar-refractivity contribution in [1.82, 2.24) is 9.55 Å². The molecule has 2 aromatic heterocycles. The van der Waals surface area contributed by atoms with Gasteiger partial charge in [0.05, 0.1) is 25.5 Å². The number of alkyl halides is 3. The second kappa shape index (κ2) is 9.37. The van der Waals surface area contributed by atoms with Crippen LogP contribution in [0.4, 0.5) is 24.7 Å². The molecule has 1 amide bonds. The number of carbonyl (C=O) groups excluding carboxylic acids is 1. The zero-order valence-electron chi connectivity index (χ0n) is 21.1. The van der Waals surface area contributed by atoms with Gasteiger partial charge in [-0.15, -0.1) is 0 Å². The molecule has 9 heteroatoms. The highest BCUT2D eigenvalue weighted by atomic mass is 28.3. The lowest BCUT2D eigenvalue weighted by molar-refractivity contribution is -0.137. The zero-order chi connectivity index (χ0) is 26.4. The molecule has 1 N–H and O–H groups in total. The Balaban J connectivity index is 1.52. The summed E-state index contributed by atoms with van der Waals surface area (Å²) in [5.41, 5.74) is 1.54. The average Bonchev–Trinajstić information content (AvgIpc) is 3.16. The predicted molar refractivity (Wildman–Crippen MR) is 144 cm³/mol. The van der Waals surface area contributed by atoms with E-state index < -0.39 is 19.8 Å². The average molecular weight is 523 g/mol. The monoisotopic (exact) mass is 522 g/mol. The largest absolute Gasteiger partial charge is 0.416 e. The molecule has 5 nitrogen and oxygen atoms in total. The van der Waals surface area contributed by atoms with E-state index >= 15 is 0 Å². The molecule has 0 spiro atoms. The normalized spacial score (nSPS) is 14.1. The van der Waals surface area contributed by atoms with E-state index in [2.05, 4.69) is 47.0 Å². The summed E-state index contributed by atoms with van der Waals surface area (Å²) in [7, 11) is -1.67. The highest BCUT2D eigenvalue weighted by Gasteiger charge is 2.30. The number of carbonyl (C=O) groups is 1. The topological polar surface area (TPSA) is 50.2 Å². The fraction of sp³-hybridized carbons (Fsp3) is 0.286. The number of halogens is 3. The molecule has 0 aliphatic carbocycles. The minimum atomic E-state index is -4.44. The maximum absolute atomic E-state index is 13.4. The number of rotatable bonds is 6. The maximum atomic E-state index is 13.4. The van der Waals surface area contributed by atoms with Crippen molar-refractivity contribution in [2.75, 3.05) is 23.3 Å². The van der Waals surface area contributed by atoms with Gasteiger partial charge in [0.15, 0.2) is 0 Å². The number of nitrogens with zero attached hydrogens (tertiary/aromatic N) is 3. The zero-order valence-corrected chi connectivity index (χ0v) is 22.1. The number of hydrogen-bond donors (Lipinski definition) is 1. The number of benzene rings is 2. The highest BCUT2D eigenvalue weighted by Crippen LogP contribution is 2.30. The van der Waals surface area contributed by atoms with Gasteiger partial charge in [0.25, 0.3) is 5.91 Å². The van der Waals surface area contributed by atoms with Crippen LogP contribution in [0.1, 0.15) is 28.0 Å². The standard InChI is InChI=1S/C28H29F3N4OSi/c1-37(2,3)23-10-8-20-15-25(27(36)33-22-9-11-26(32-17-22)34-12-5-13-34)35(24(20)16-23)18-19-6-4-7-21(14-19)28(29,30)31/h4,6-11,14-17H,5,12-13,18H2,1-3H3,(H,33,36). The molecule has 0 radical (unpaired) electrons. The first-order valence-corrected chi connectivity index (χ1v) is 15.8. The molecule has 37 heavy (non-hydrogen) atoms. The van der Waals surface area contributed by atoms with Crippen LogP contribution in [-0.4, -0.2) is 36.6 Å². The fourth-order valence-electron chi connectivity index (χ4n) is 4.50. The van der Waals surface area contributed by atoms with Gasteiger partial charge in [0.2, 0.25) is 0 Å². The smallest absolute Gasteiger partial charge is 0.356 e. The Labute approximate surface area is 214 Å². The lowest BCUT2D eigenvalue weighted by atomic mass is 10.1. The van der Waals surface area contributed by atoms with E-state index in [4.69, 9.17) is 0 Å². The van der Waals surface area contributed by atoms with Crippen molar-refractivity contribution in [2.24, 2.45) is 0 Å². The maximum Gasteiger partial charge on any atom is 0.416 e. The van der Waals surface area contributed by atoms with Gasteiger partial charge >= 0.3 is 6.18 Å². The number of amides is 1. The van der Waals surface area contributed by atoms with E-state index in [0.29, 0.717) is 16.9 Å². The van der Waals surface area contributed by atoms with Gasteiger partial charge in [-0.2, -0.15) is 13.2 Å². The molecule has 1 saturated heterocycles. The third-order valence-electron chi connectivity index (χ3n) is 6.78. The molecule has 1 fully saturated rings. The van der Waals surface area contributed by atoms with Crippen LogP contribution in [0, 0.1) is 0 Å². The van der Waals surface area contributed by atoms with Gasteiger partial charge in [0, 0.05) is 30.5 Å². The van der Waals surface area contributed by atoms with E-state index in [1.54, 1.807) is 18.3 Å². The van der Waals surface area contributed by atoms with E-state index in [-0.39, 0.29) is 12.5 Å². The van der Waals surface area contributed by atoms with Gasteiger partial charge in [0.1, 0.15) is 11.5 Å². The summed E-state index contributed by atoms with van der Waals surface area (Å²) in [5, 5.41) is 4.99. The molecule has 4 aromatic rings. The first-order chi connectivity index (χ1) is 17.5. The van der Waals surface area contributed by atoms with Gasteiger partial charge in [-0.25, -0.2) is 4.98 Å². The van der Waals surface area contributed by atoms with Crippen LogP contribution in [0.5, 0.6) is 0 Å². The Bertz CT molecular complexity index is 1450. The van der Waals surface area contributed by atoms with Crippen LogP contribution >= 0.6 is 0 Å². The highest BCUT2D eigenvalue weighted by molar-refractivity contribution is 6.88. The summed E-state index contributed by atoms with van der Waals surface area (Å²) in [6.07, 6.45) is -1.65. The number of hydrogen-bond acceptors (Lipinski definition) is 3. The number of nitrogens with one attached hydrogen (secondary N) is 1. The van der Waals surface area contributed by atoms with Crippen LogP contribution in [-0.2, 0) is 12.7 Å². The van der Waals surface area contributed by atoms with Crippen LogP contribution in [0.3, 0.4) is 0 Å². The molecule has 192 valence electrons. The molecule has 3 heterocycles. The van der Waals surface area contributed by atoms with Crippen molar-refractivity contribution in [3.63, 3.8) is 0 Å². The summed E-state index contributed by atoms with van der Waals surface area (Å²) in [6.45, 7) is 8.80. The minimum absolute atomic E-state index is 0.136. The summed E-state index contributed by atoms with van der Waals surface area (Å²) in [5.74, 6) is 0.540. The van der Waals surface area contributed by atoms with Crippen molar-refractivity contribution in [3.05, 3.63) is 83.7 Å². The van der Waals surface area contributed by atoms with E-state index in [0.717, 1.165) is 48.4 Å². The molecular formula is C28H29F3N4OSi. The predicted octanol–water partition coefficient (Wildman–Crippen LogP) is 6.11. The lowest BCUT2D eigenvalue weighted by Crippen LogP contribution is -2.37. The quantitative estimate of drug-likeness (QED) is 0.311. The molecule has 1 aliphatic heterocycles. The van der Waals surface area contributed by atoms with E-state index in [1.807, 2.05) is 22.8 Å². The second-order valence-electron chi connectivity index (χ2n) is 10.5. The first kappa shape index (κ1) is 25.1. The number of anilines is 2. The SMILES string of the molecule is C[Si](C)(C)c1ccc2cc(C(=O)Nc3ccc(N4CCC4)nc3)n(Cc3cccc(C(F)(F)F)c3)c2c1. The van der Waals surface area contributed by atoms with Gasteiger partial charge < -0.3 is 14.8 Å². The van der Waals surface area contributed by atoms with Crippen molar-refractivity contribution in [2.45, 2.75) is 38.8 Å². The summed E-state index contributed by atoms with van der Waals surface area (Å²) in [4.78, 5) is 20.1. The molecule has 2 aromatic carbocycles. The van der Waals surface area contributed by atoms with Crippen LogP contribution < -0.4 is 15.4 Å². The summed E-state index contributed by atoms with van der Waals surface area (Å²) in [6, 6.07) is 16.9.